The summed E-state index contributed by atoms with van der Waals surface area (Å²) >= 11 is 9.85. The highest BCUT2D eigenvalue weighted by molar-refractivity contribution is 14.1. The standard InChI is InChI=1S/C28H42BrIO2S2Si2/c1-27(2,3)35(7,8)31-17-21-19(23-13-15-25(29)33-23)11-12-20(24-14-16-26(30)34-24)22(21)18-32-36(9,10)28(4,5)6/h11-16,19-20H,17-18H2,1-10H3/t19-,20+/m1/s1. The Morgan fingerprint density at radius 3 is 1.50 bits per heavy atom. The third-order valence-electron chi connectivity index (χ3n) is 8.25. The minimum Gasteiger partial charge on any atom is -0.413 e. The molecule has 0 fully saturated rings. The van der Waals surface area contributed by atoms with Crippen molar-refractivity contribution in [2.75, 3.05) is 13.2 Å². The summed E-state index contributed by atoms with van der Waals surface area (Å²) in [6, 6.07) is 8.95. The maximum absolute atomic E-state index is 6.91. The predicted octanol–water partition coefficient (Wildman–Crippen LogP) is 11.0. The maximum Gasteiger partial charge on any atom is 0.192 e. The minimum atomic E-state index is -1.93. The maximum atomic E-state index is 6.91. The Hall–Kier alpha value is 0.444. The van der Waals surface area contributed by atoms with Gasteiger partial charge in [-0.2, -0.15) is 0 Å². The predicted molar refractivity (Wildman–Crippen MR) is 177 cm³/mol. The highest BCUT2D eigenvalue weighted by Crippen LogP contribution is 2.47. The first-order valence-electron chi connectivity index (χ1n) is 12.6. The fourth-order valence-electron chi connectivity index (χ4n) is 3.69. The number of thiophene rings is 2. The van der Waals surface area contributed by atoms with Crippen LogP contribution in [0.4, 0.5) is 0 Å². The number of halogens is 2. The summed E-state index contributed by atoms with van der Waals surface area (Å²) in [5, 5.41) is 0.336. The van der Waals surface area contributed by atoms with Crippen molar-refractivity contribution in [3.63, 3.8) is 0 Å². The lowest BCUT2D eigenvalue weighted by atomic mass is 9.81. The van der Waals surface area contributed by atoms with E-state index in [-0.39, 0.29) is 21.9 Å². The molecule has 200 valence electrons. The van der Waals surface area contributed by atoms with Gasteiger partial charge in [0.05, 0.1) is 19.9 Å². The lowest BCUT2D eigenvalue weighted by Crippen LogP contribution is -2.42. The first-order valence-corrected chi connectivity index (χ1v) is 21.9. The zero-order valence-electron chi connectivity index (χ0n) is 23.4. The van der Waals surface area contributed by atoms with Gasteiger partial charge in [0.15, 0.2) is 16.6 Å². The second kappa shape index (κ2) is 11.5. The first kappa shape index (κ1) is 31.0. The van der Waals surface area contributed by atoms with Crippen LogP contribution in [0.1, 0.15) is 63.1 Å². The van der Waals surface area contributed by atoms with Crippen LogP contribution in [-0.2, 0) is 8.85 Å². The Balaban J connectivity index is 2.11. The molecule has 1 aliphatic carbocycles. The van der Waals surface area contributed by atoms with Gasteiger partial charge in [-0.15, -0.1) is 22.7 Å². The van der Waals surface area contributed by atoms with Crippen LogP contribution < -0.4 is 0 Å². The van der Waals surface area contributed by atoms with E-state index < -0.39 is 16.6 Å². The van der Waals surface area contributed by atoms with Crippen molar-refractivity contribution in [2.24, 2.45) is 0 Å². The molecular weight excluding hydrogens is 695 g/mol. The Labute approximate surface area is 251 Å². The number of rotatable bonds is 8. The highest BCUT2D eigenvalue weighted by atomic mass is 127. The molecule has 0 spiro atoms. The molecule has 0 saturated heterocycles. The van der Waals surface area contributed by atoms with Gasteiger partial charge < -0.3 is 8.85 Å². The molecule has 0 aromatic carbocycles. The molecule has 0 amide bonds. The summed E-state index contributed by atoms with van der Waals surface area (Å²) in [5.74, 6) is 0.459. The van der Waals surface area contributed by atoms with Crippen LogP contribution >= 0.6 is 61.2 Å². The summed E-state index contributed by atoms with van der Waals surface area (Å²) in [5.41, 5.74) is 2.79. The van der Waals surface area contributed by atoms with E-state index in [1.54, 1.807) is 0 Å². The van der Waals surface area contributed by atoms with Gasteiger partial charge in [-0.05, 0) is 110 Å². The molecule has 0 unspecified atom stereocenters. The lowest BCUT2D eigenvalue weighted by molar-refractivity contribution is 0.293. The number of allylic oxidation sites excluding steroid dienone is 2. The summed E-state index contributed by atoms with van der Waals surface area (Å²) < 4.78 is 16.3. The van der Waals surface area contributed by atoms with E-state index in [4.69, 9.17) is 8.85 Å². The van der Waals surface area contributed by atoms with Crippen molar-refractivity contribution in [1.29, 1.82) is 0 Å². The third kappa shape index (κ3) is 7.14. The fourth-order valence-corrected chi connectivity index (χ4v) is 8.92. The number of hydrogen-bond donors (Lipinski definition) is 0. The average Bonchev–Trinajstić information content (AvgIpc) is 3.37. The Kier molecular flexibility index (Phi) is 9.90. The zero-order chi connectivity index (χ0) is 27.1. The molecule has 36 heavy (non-hydrogen) atoms. The largest absolute Gasteiger partial charge is 0.413 e. The van der Waals surface area contributed by atoms with Gasteiger partial charge >= 0.3 is 0 Å². The quantitative estimate of drug-likeness (QED) is 0.153. The second-order valence-corrected chi connectivity index (χ2v) is 27.9. The van der Waals surface area contributed by atoms with E-state index in [0.29, 0.717) is 13.2 Å². The van der Waals surface area contributed by atoms with Crippen molar-refractivity contribution < 1.29 is 8.85 Å². The normalized spacial score (nSPS) is 19.9. The van der Waals surface area contributed by atoms with E-state index >= 15 is 0 Å². The Morgan fingerprint density at radius 1 is 0.750 bits per heavy atom. The van der Waals surface area contributed by atoms with E-state index in [1.807, 2.05) is 22.7 Å². The molecule has 2 nitrogen and oxygen atoms in total. The second-order valence-electron chi connectivity index (χ2n) is 12.8. The Morgan fingerprint density at radius 2 is 1.17 bits per heavy atom. The molecular formula is C28H42BrIO2S2Si2. The molecule has 8 heteroatoms. The summed E-state index contributed by atoms with van der Waals surface area (Å²) in [6.07, 6.45) is 4.83. The van der Waals surface area contributed by atoms with Gasteiger partial charge in [-0.25, -0.2) is 0 Å². The van der Waals surface area contributed by atoms with Crippen molar-refractivity contribution in [1.82, 2.24) is 0 Å². The van der Waals surface area contributed by atoms with Crippen molar-refractivity contribution in [3.8, 4) is 0 Å². The fraction of sp³-hybridized carbons (Fsp3) is 0.571. The van der Waals surface area contributed by atoms with Crippen LogP contribution in [0, 0.1) is 2.88 Å². The smallest absolute Gasteiger partial charge is 0.192 e. The third-order valence-corrected chi connectivity index (χ3v) is 20.9. The van der Waals surface area contributed by atoms with Crippen LogP contribution in [-0.4, -0.2) is 29.8 Å². The van der Waals surface area contributed by atoms with Crippen molar-refractivity contribution >= 4 is 77.8 Å². The van der Waals surface area contributed by atoms with Gasteiger partial charge in [0.2, 0.25) is 0 Å². The summed E-state index contributed by atoms with van der Waals surface area (Å²) in [6.45, 7) is 24.7. The van der Waals surface area contributed by atoms with Crippen LogP contribution in [0.5, 0.6) is 0 Å². The molecule has 2 atom stereocenters. The molecule has 0 bridgehead atoms. The Bertz CT molecular complexity index is 1030. The molecule has 3 rings (SSSR count). The highest BCUT2D eigenvalue weighted by Gasteiger charge is 2.40. The lowest BCUT2D eigenvalue weighted by Gasteiger charge is -2.40. The minimum absolute atomic E-state index is 0.167. The monoisotopic (exact) mass is 736 g/mol. The zero-order valence-corrected chi connectivity index (χ0v) is 30.8. The van der Waals surface area contributed by atoms with Gasteiger partial charge in [-0.3, -0.25) is 0 Å². The van der Waals surface area contributed by atoms with Gasteiger partial charge in [-0.1, -0.05) is 53.7 Å². The van der Waals surface area contributed by atoms with Gasteiger partial charge in [0, 0.05) is 21.6 Å². The van der Waals surface area contributed by atoms with Crippen LogP contribution in [0.2, 0.25) is 36.3 Å². The molecule has 0 N–H and O–H groups in total. The average molecular weight is 738 g/mol. The topological polar surface area (TPSA) is 18.5 Å². The van der Waals surface area contributed by atoms with E-state index in [9.17, 15) is 0 Å². The van der Waals surface area contributed by atoms with Crippen LogP contribution in [0.3, 0.4) is 0 Å². The SMILES string of the molecule is CC(C)(C)[Si](C)(C)OCC1=C(CO[Si](C)(C)C(C)(C)C)[C@@H](c2ccc(I)s2)C=C[C@H]1c1ccc(Br)s1. The van der Waals surface area contributed by atoms with Crippen molar-refractivity contribution in [3.05, 3.63) is 64.0 Å². The molecule has 0 radical (unpaired) electrons. The molecule has 2 aromatic heterocycles. The molecule has 2 heterocycles. The van der Waals surface area contributed by atoms with E-state index in [1.165, 1.54) is 27.6 Å². The molecule has 1 aliphatic rings. The van der Waals surface area contributed by atoms with Gasteiger partial charge in [0.25, 0.3) is 0 Å². The van der Waals surface area contributed by atoms with Crippen LogP contribution in [0.15, 0.2) is 51.4 Å². The van der Waals surface area contributed by atoms with Gasteiger partial charge in [0.1, 0.15) is 0 Å². The molecule has 0 aliphatic heterocycles. The first-order chi connectivity index (χ1) is 16.4. The summed E-state index contributed by atoms with van der Waals surface area (Å²) in [4.78, 5) is 2.75. The van der Waals surface area contributed by atoms with E-state index in [2.05, 4.69) is 143 Å². The summed E-state index contributed by atoms with van der Waals surface area (Å²) in [7, 11) is -3.85. The number of hydrogen-bond acceptors (Lipinski definition) is 4. The van der Waals surface area contributed by atoms with E-state index in [0.717, 1.165) is 0 Å². The van der Waals surface area contributed by atoms with Crippen LogP contribution in [0.25, 0.3) is 0 Å². The van der Waals surface area contributed by atoms with Crippen molar-refractivity contribution in [2.45, 2.75) is 89.6 Å². The molecule has 0 saturated carbocycles. The molecule has 2 aromatic rings.